The maximum atomic E-state index is 12.6. The van der Waals surface area contributed by atoms with E-state index >= 15 is 0 Å². The molecule has 0 saturated carbocycles. The van der Waals surface area contributed by atoms with E-state index in [4.69, 9.17) is 4.74 Å². The molecule has 1 aliphatic rings. The minimum absolute atomic E-state index is 0.236. The Labute approximate surface area is 164 Å². The highest BCUT2D eigenvalue weighted by Crippen LogP contribution is 2.38. The van der Waals surface area contributed by atoms with E-state index in [2.05, 4.69) is 5.32 Å². The molecule has 1 heterocycles. The minimum atomic E-state index is -0.321. The van der Waals surface area contributed by atoms with Crippen LogP contribution in [-0.4, -0.2) is 18.5 Å². The monoisotopic (exact) mass is 383 g/mol. The van der Waals surface area contributed by atoms with Gasteiger partial charge in [0.15, 0.2) is 0 Å². The molecule has 1 amide bonds. The van der Waals surface area contributed by atoms with Gasteiger partial charge in [0, 0.05) is 11.0 Å². The zero-order valence-electron chi connectivity index (χ0n) is 15.6. The van der Waals surface area contributed by atoms with Gasteiger partial charge >= 0.3 is 5.97 Å². The van der Waals surface area contributed by atoms with E-state index in [0.29, 0.717) is 17.2 Å². The third-order valence-electron chi connectivity index (χ3n) is 4.53. The van der Waals surface area contributed by atoms with Crippen molar-refractivity contribution < 1.29 is 14.3 Å². The van der Waals surface area contributed by atoms with Gasteiger partial charge in [0.05, 0.1) is 12.2 Å². The fourth-order valence-corrected chi connectivity index (χ4v) is 4.48. The van der Waals surface area contributed by atoms with Gasteiger partial charge in [0.25, 0.3) is 0 Å². The molecule has 0 aliphatic heterocycles. The number of rotatable bonds is 6. The highest BCUT2D eigenvalue weighted by Gasteiger charge is 2.26. The Bertz CT molecular complexity index is 824. The van der Waals surface area contributed by atoms with E-state index < -0.39 is 0 Å². The predicted molar refractivity (Wildman–Crippen MR) is 110 cm³/mol. The summed E-state index contributed by atoms with van der Waals surface area (Å²) in [6.07, 6.45) is 9.25. The Morgan fingerprint density at radius 2 is 1.93 bits per heavy atom. The maximum Gasteiger partial charge on any atom is 0.341 e. The van der Waals surface area contributed by atoms with E-state index in [1.807, 2.05) is 37.3 Å². The van der Waals surface area contributed by atoms with Crippen molar-refractivity contribution in [3.05, 3.63) is 58.0 Å². The van der Waals surface area contributed by atoms with Crippen molar-refractivity contribution >= 4 is 34.3 Å². The summed E-state index contributed by atoms with van der Waals surface area (Å²) in [4.78, 5) is 26.3. The molecule has 2 aromatic rings. The largest absolute Gasteiger partial charge is 0.462 e. The van der Waals surface area contributed by atoms with Crippen molar-refractivity contribution in [1.82, 2.24) is 0 Å². The molecule has 0 atom stereocenters. The van der Waals surface area contributed by atoms with Gasteiger partial charge in [-0.1, -0.05) is 43.7 Å². The standard InChI is InChI=1S/C22H25NO3S/c1-2-15-26-22(25)20-17-11-7-4-8-12-18(17)27-21(20)23-19(24)14-13-16-9-5-3-6-10-16/h3,5-6,9-10,13-14H,2,4,7-8,11-12,15H2,1H3,(H,23,24). The fraction of sp³-hybridized carbons (Fsp3) is 0.364. The number of nitrogens with one attached hydrogen (secondary N) is 1. The number of ether oxygens (including phenoxy) is 1. The van der Waals surface area contributed by atoms with Crippen molar-refractivity contribution in [3.8, 4) is 0 Å². The topological polar surface area (TPSA) is 55.4 Å². The van der Waals surface area contributed by atoms with Crippen LogP contribution >= 0.6 is 11.3 Å². The summed E-state index contributed by atoms with van der Waals surface area (Å²) in [6.45, 7) is 2.36. The van der Waals surface area contributed by atoms with Gasteiger partial charge in [-0.3, -0.25) is 4.79 Å². The van der Waals surface area contributed by atoms with Crippen LogP contribution in [-0.2, 0) is 22.4 Å². The first-order chi connectivity index (χ1) is 13.2. The van der Waals surface area contributed by atoms with E-state index in [-0.39, 0.29) is 11.9 Å². The van der Waals surface area contributed by atoms with Gasteiger partial charge in [0.2, 0.25) is 5.91 Å². The van der Waals surface area contributed by atoms with Crippen LogP contribution < -0.4 is 5.32 Å². The molecule has 1 aromatic heterocycles. The van der Waals surface area contributed by atoms with Crippen molar-refractivity contribution in [2.24, 2.45) is 0 Å². The fourth-order valence-electron chi connectivity index (χ4n) is 3.20. The average molecular weight is 384 g/mol. The van der Waals surface area contributed by atoms with Crippen molar-refractivity contribution in [2.75, 3.05) is 11.9 Å². The first-order valence-corrected chi connectivity index (χ1v) is 10.4. The molecule has 0 saturated heterocycles. The molecule has 142 valence electrons. The van der Waals surface area contributed by atoms with Crippen LogP contribution in [0.5, 0.6) is 0 Å². The lowest BCUT2D eigenvalue weighted by atomic mass is 10.1. The lowest BCUT2D eigenvalue weighted by molar-refractivity contribution is -0.111. The normalized spacial score (nSPS) is 13.8. The number of hydrogen-bond donors (Lipinski definition) is 1. The Morgan fingerprint density at radius 1 is 1.15 bits per heavy atom. The number of aryl methyl sites for hydroxylation is 1. The minimum Gasteiger partial charge on any atom is -0.462 e. The van der Waals surface area contributed by atoms with Crippen LogP contribution in [0.3, 0.4) is 0 Å². The molecule has 27 heavy (non-hydrogen) atoms. The van der Waals surface area contributed by atoms with Crippen LogP contribution in [0.25, 0.3) is 6.08 Å². The smallest absolute Gasteiger partial charge is 0.341 e. The second kappa shape index (κ2) is 9.51. The van der Waals surface area contributed by atoms with Crippen LogP contribution in [0.15, 0.2) is 36.4 Å². The number of fused-ring (bicyclic) bond motifs is 1. The molecule has 4 nitrogen and oxygen atoms in total. The second-order valence-corrected chi connectivity index (χ2v) is 7.74. The zero-order chi connectivity index (χ0) is 19.1. The summed E-state index contributed by atoms with van der Waals surface area (Å²) < 4.78 is 5.39. The molecule has 0 bridgehead atoms. The number of thiophene rings is 1. The Hall–Kier alpha value is -2.40. The third-order valence-corrected chi connectivity index (χ3v) is 5.73. The first-order valence-electron chi connectivity index (χ1n) is 9.54. The molecule has 1 aromatic carbocycles. The van der Waals surface area contributed by atoms with E-state index in [1.54, 1.807) is 6.08 Å². The summed E-state index contributed by atoms with van der Waals surface area (Å²) in [7, 11) is 0. The van der Waals surface area contributed by atoms with Crippen molar-refractivity contribution in [2.45, 2.75) is 45.4 Å². The van der Waals surface area contributed by atoms with Crippen LogP contribution in [0.4, 0.5) is 5.00 Å². The van der Waals surface area contributed by atoms with Crippen molar-refractivity contribution in [3.63, 3.8) is 0 Å². The van der Waals surface area contributed by atoms with Crippen molar-refractivity contribution in [1.29, 1.82) is 0 Å². The van der Waals surface area contributed by atoms with E-state index in [9.17, 15) is 9.59 Å². The highest BCUT2D eigenvalue weighted by molar-refractivity contribution is 7.17. The molecular formula is C22H25NO3S. The van der Waals surface area contributed by atoms with Gasteiger partial charge in [-0.05, 0) is 49.3 Å². The van der Waals surface area contributed by atoms with Crippen LogP contribution in [0.1, 0.15) is 59.0 Å². The molecule has 0 fully saturated rings. The summed E-state index contributed by atoms with van der Waals surface area (Å²) in [6, 6.07) is 9.66. The predicted octanol–water partition coefficient (Wildman–Crippen LogP) is 5.24. The molecule has 1 N–H and O–H groups in total. The number of benzene rings is 1. The summed E-state index contributed by atoms with van der Waals surface area (Å²) in [5.41, 5.74) is 2.59. The Balaban J connectivity index is 1.82. The Kier molecular flexibility index (Phi) is 6.82. The van der Waals surface area contributed by atoms with Gasteiger partial charge in [-0.2, -0.15) is 0 Å². The SMILES string of the molecule is CCCOC(=O)c1c(NC(=O)C=Cc2ccccc2)sc2c1CCCCC2. The number of carbonyl (C=O) groups excluding carboxylic acids is 2. The lowest BCUT2D eigenvalue weighted by Crippen LogP contribution is -2.13. The van der Waals surface area contributed by atoms with Crippen LogP contribution in [0, 0.1) is 0 Å². The number of amides is 1. The number of carbonyl (C=O) groups is 2. The number of esters is 1. The second-order valence-electron chi connectivity index (χ2n) is 6.64. The van der Waals surface area contributed by atoms with Crippen LogP contribution in [0.2, 0.25) is 0 Å². The van der Waals surface area contributed by atoms with Gasteiger partial charge in [-0.25, -0.2) is 4.79 Å². The molecule has 1 aliphatic carbocycles. The summed E-state index contributed by atoms with van der Waals surface area (Å²) in [5, 5.41) is 3.52. The van der Waals surface area contributed by atoms with Gasteiger partial charge in [0.1, 0.15) is 5.00 Å². The molecule has 0 unspecified atom stereocenters. The number of hydrogen-bond acceptors (Lipinski definition) is 4. The molecule has 0 radical (unpaired) electrons. The maximum absolute atomic E-state index is 12.6. The molecule has 3 rings (SSSR count). The van der Waals surface area contributed by atoms with E-state index in [1.165, 1.54) is 28.7 Å². The zero-order valence-corrected chi connectivity index (χ0v) is 16.4. The summed E-state index contributed by atoms with van der Waals surface area (Å²) in [5.74, 6) is -0.557. The average Bonchev–Trinajstić information content (AvgIpc) is 2.85. The molecule has 0 spiro atoms. The third kappa shape index (κ3) is 5.07. The highest BCUT2D eigenvalue weighted by atomic mass is 32.1. The lowest BCUT2D eigenvalue weighted by Gasteiger charge is -2.08. The Morgan fingerprint density at radius 3 is 2.70 bits per heavy atom. The quantitative estimate of drug-likeness (QED) is 0.422. The molecule has 5 heteroatoms. The first kappa shape index (κ1) is 19.4. The van der Waals surface area contributed by atoms with Gasteiger partial charge < -0.3 is 10.1 Å². The molecular weight excluding hydrogens is 358 g/mol. The number of anilines is 1. The van der Waals surface area contributed by atoms with Gasteiger partial charge in [-0.15, -0.1) is 11.3 Å². The summed E-state index contributed by atoms with van der Waals surface area (Å²) >= 11 is 1.52. The van der Waals surface area contributed by atoms with E-state index in [0.717, 1.165) is 43.2 Å².